The summed E-state index contributed by atoms with van der Waals surface area (Å²) in [6.45, 7) is 10.8. The first-order valence-electron chi connectivity index (χ1n) is 11.1. The van der Waals surface area contributed by atoms with Crippen LogP contribution in [-0.4, -0.2) is 51.9 Å². The zero-order chi connectivity index (χ0) is 22.0. The average molecular weight is 423 g/mol. The van der Waals surface area contributed by atoms with Gasteiger partial charge in [-0.25, -0.2) is 9.67 Å². The van der Waals surface area contributed by atoms with Gasteiger partial charge in [-0.2, -0.15) is 5.10 Å². The second-order valence-corrected chi connectivity index (χ2v) is 8.13. The minimum absolute atomic E-state index is 0.0261. The number of amides is 1. The minimum Gasteiger partial charge on any atom is -0.486 e. The number of ether oxygens (including phenoxy) is 2. The first kappa shape index (κ1) is 21.2. The molecule has 1 aromatic carbocycles. The number of aromatic nitrogens is 3. The molecule has 0 radical (unpaired) electrons. The monoisotopic (exact) mass is 422 g/mol. The molecule has 0 atom stereocenters. The van der Waals surface area contributed by atoms with Crippen molar-refractivity contribution in [3.8, 4) is 22.8 Å². The first-order chi connectivity index (χ1) is 15.0. The van der Waals surface area contributed by atoms with Crippen LogP contribution < -0.4 is 9.47 Å². The van der Waals surface area contributed by atoms with Gasteiger partial charge in [0.15, 0.2) is 17.1 Å². The number of carbonyl (C=O) groups excluding carboxylic acids is 1. The number of benzene rings is 1. The number of hydrogen-bond acceptors (Lipinski definition) is 5. The molecule has 0 fully saturated rings. The molecule has 7 heteroatoms. The maximum absolute atomic E-state index is 13.6. The summed E-state index contributed by atoms with van der Waals surface area (Å²) in [4.78, 5) is 20.4. The highest BCUT2D eigenvalue weighted by atomic mass is 16.6. The molecule has 1 aliphatic heterocycles. The predicted octanol–water partition coefficient (Wildman–Crippen LogP) is 4.71. The smallest absolute Gasteiger partial charge is 0.254 e. The van der Waals surface area contributed by atoms with Crippen molar-refractivity contribution in [1.29, 1.82) is 0 Å². The van der Waals surface area contributed by atoms with Crippen LogP contribution in [0.15, 0.2) is 30.5 Å². The fourth-order valence-corrected chi connectivity index (χ4v) is 3.95. The molecule has 2 aromatic heterocycles. The lowest BCUT2D eigenvalue weighted by molar-refractivity contribution is 0.0757. The van der Waals surface area contributed by atoms with E-state index in [1.807, 2.05) is 33.8 Å². The van der Waals surface area contributed by atoms with E-state index in [4.69, 9.17) is 14.5 Å². The molecule has 0 saturated heterocycles. The maximum atomic E-state index is 13.6. The van der Waals surface area contributed by atoms with Crippen LogP contribution in [-0.2, 0) is 0 Å². The van der Waals surface area contributed by atoms with Crippen molar-refractivity contribution >= 4 is 16.9 Å². The largest absolute Gasteiger partial charge is 0.486 e. The van der Waals surface area contributed by atoms with Gasteiger partial charge in [-0.05, 0) is 51.0 Å². The Labute approximate surface area is 183 Å². The summed E-state index contributed by atoms with van der Waals surface area (Å²) >= 11 is 0. The van der Waals surface area contributed by atoms with Crippen molar-refractivity contribution in [3.63, 3.8) is 0 Å². The Morgan fingerprint density at radius 1 is 1.10 bits per heavy atom. The molecule has 31 heavy (non-hydrogen) atoms. The second kappa shape index (κ2) is 8.96. The van der Waals surface area contributed by atoms with Gasteiger partial charge in [0.05, 0.1) is 22.8 Å². The van der Waals surface area contributed by atoms with Gasteiger partial charge in [0, 0.05) is 24.7 Å². The van der Waals surface area contributed by atoms with E-state index in [0.29, 0.717) is 24.5 Å². The predicted molar refractivity (Wildman–Crippen MR) is 121 cm³/mol. The summed E-state index contributed by atoms with van der Waals surface area (Å²) in [6.07, 6.45) is 3.60. The quantitative estimate of drug-likeness (QED) is 0.551. The molecule has 0 N–H and O–H groups in total. The average Bonchev–Trinajstić information content (AvgIpc) is 3.22. The van der Waals surface area contributed by atoms with E-state index in [0.717, 1.165) is 54.0 Å². The molecule has 7 nitrogen and oxygen atoms in total. The molecule has 1 aliphatic rings. The van der Waals surface area contributed by atoms with Crippen molar-refractivity contribution in [2.75, 3.05) is 26.3 Å². The molecule has 3 aromatic rings. The Hall–Kier alpha value is -3.09. The number of nitrogens with zero attached hydrogens (tertiary/aromatic N) is 4. The number of hydrogen-bond donors (Lipinski definition) is 0. The zero-order valence-corrected chi connectivity index (χ0v) is 18.7. The van der Waals surface area contributed by atoms with E-state index in [-0.39, 0.29) is 11.9 Å². The van der Waals surface area contributed by atoms with Gasteiger partial charge in [-0.1, -0.05) is 13.8 Å². The van der Waals surface area contributed by atoms with E-state index in [1.54, 1.807) is 6.20 Å². The van der Waals surface area contributed by atoms with Crippen LogP contribution >= 0.6 is 0 Å². The highest BCUT2D eigenvalue weighted by molar-refractivity contribution is 6.06. The number of fused-ring (bicyclic) bond motifs is 2. The lowest BCUT2D eigenvalue weighted by Crippen LogP contribution is -2.32. The summed E-state index contributed by atoms with van der Waals surface area (Å²) in [5.74, 6) is 1.46. The van der Waals surface area contributed by atoms with Gasteiger partial charge in [0.1, 0.15) is 13.2 Å². The molecular formula is C24H30N4O3. The Bertz CT molecular complexity index is 1080. The summed E-state index contributed by atoms with van der Waals surface area (Å²) in [6, 6.07) is 7.81. The van der Waals surface area contributed by atoms with Gasteiger partial charge in [-0.3, -0.25) is 4.79 Å². The van der Waals surface area contributed by atoms with Crippen LogP contribution in [0.3, 0.4) is 0 Å². The van der Waals surface area contributed by atoms with E-state index in [2.05, 4.69) is 32.8 Å². The number of rotatable bonds is 7. The third-order valence-corrected chi connectivity index (χ3v) is 5.40. The topological polar surface area (TPSA) is 69.5 Å². The van der Waals surface area contributed by atoms with Gasteiger partial charge < -0.3 is 14.4 Å². The highest BCUT2D eigenvalue weighted by Crippen LogP contribution is 2.35. The van der Waals surface area contributed by atoms with Crippen LogP contribution in [0.4, 0.5) is 0 Å². The van der Waals surface area contributed by atoms with Crippen LogP contribution in [0.2, 0.25) is 0 Å². The molecule has 0 aliphatic carbocycles. The van der Waals surface area contributed by atoms with E-state index < -0.39 is 0 Å². The van der Waals surface area contributed by atoms with Crippen molar-refractivity contribution in [2.24, 2.45) is 0 Å². The SMILES string of the molecule is CCCN(CCC)C(=O)c1cc(-c2ccc3c(c2)OCCO3)nc2c1cnn2C(C)C. The molecule has 4 rings (SSSR count). The first-order valence-corrected chi connectivity index (χ1v) is 11.1. The van der Waals surface area contributed by atoms with Crippen molar-refractivity contribution in [2.45, 2.75) is 46.6 Å². The lowest BCUT2D eigenvalue weighted by atomic mass is 10.0. The molecule has 0 bridgehead atoms. The number of carbonyl (C=O) groups is 1. The Morgan fingerprint density at radius 2 is 1.81 bits per heavy atom. The third-order valence-electron chi connectivity index (χ3n) is 5.40. The third kappa shape index (κ3) is 4.09. The Kier molecular flexibility index (Phi) is 6.11. The van der Waals surface area contributed by atoms with Gasteiger partial charge >= 0.3 is 0 Å². The Morgan fingerprint density at radius 3 is 2.48 bits per heavy atom. The fourth-order valence-electron chi connectivity index (χ4n) is 3.95. The van der Waals surface area contributed by atoms with Gasteiger partial charge in [0.25, 0.3) is 5.91 Å². The normalized spacial score (nSPS) is 13.1. The molecule has 0 spiro atoms. The summed E-state index contributed by atoms with van der Waals surface area (Å²) in [5, 5.41) is 5.32. The van der Waals surface area contributed by atoms with Crippen molar-refractivity contribution < 1.29 is 14.3 Å². The van der Waals surface area contributed by atoms with Gasteiger partial charge in [-0.15, -0.1) is 0 Å². The van der Waals surface area contributed by atoms with Crippen molar-refractivity contribution in [1.82, 2.24) is 19.7 Å². The maximum Gasteiger partial charge on any atom is 0.254 e. The van der Waals surface area contributed by atoms with Crippen molar-refractivity contribution in [3.05, 3.63) is 36.0 Å². The van der Waals surface area contributed by atoms with E-state index in [1.165, 1.54) is 0 Å². The number of pyridine rings is 1. The lowest BCUT2D eigenvalue weighted by Gasteiger charge is -2.22. The second-order valence-electron chi connectivity index (χ2n) is 8.13. The summed E-state index contributed by atoms with van der Waals surface area (Å²) in [7, 11) is 0. The molecule has 164 valence electrons. The zero-order valence-electron chi connectivity index (χ0n) is 18.7. The highest BCUT2D eigenvalue weighted by Gasteiger charge is 2.23. The summed E-state index contributed by atoms with van der Waals surface area (Å²) in [5.41, 5.74) is 2.97. The van der Waals surface area contributed by atoms with E-state index >= 15 is 0 Å². The Balaban J connectivity index is 1.86. The molecule has 0 saturated carbocycles. The molecular weight excluding hydrogens is 392 g/mol. The molecule has 3 heterocycles. The van der Waals surface area contributed by atoms with Crippen LogP contribution in [0.1, 0.15) is 56.9 Å². The van der Waals surface area contributed by atoms with Crippen LogP contribution in [0.5, 0.6) is 11.5 Å². The van der Waals surface area contributed by atoms with Crippen LogP contribution in [0.25, 0.3) is 22.3 Å². The standard InChI is InChI=1S/C24H30N4O3/c1-5-9-27(10-6-2)24(29)18-14-20(26-23-19(18)15-25-28(23)16(3)4)17-7-8-21-22(13-17)31-12-11-30-21/h7-8,13-16H,5-6,9-12H2,1-4H3. The summed E-state index contributed by atoms with van der Waals surface area (Å²) < 4.78 is 13.3. The minimum atomic E-state index is 0.0261. The fraction of sp³-hybridized carbons (Fsp3) is 0.458. The van der Waals surface area contributed by atoms with Crippen LogP contribution in [0, 0.1) is 0 Å². The van der Waals surface area contributed by atoms with Gasteiger partial charge in [0.2, 0.25) is 0 Å². The molecule has 0 unspecified atom stereocenters. The molecule has 1 amide bonds. The van der Waals surface area contributed by atoms with E-state index in [9.17, 15) is 4.79 Å².